The average Bonchev–Trinajstić information content (AvgIpc) is 2.53. The third-order valence-electron chi connectivity index (χ3n) is 3.24. The van der Waals surface area contributed by atoms with Gasteiger partial charge in [0.2, 0.25) is 0 Å². The Kier molecular flexibility index (Phi) is 5.17. The summed E-state index contributed by atoms with van der Waals surface area (Å²) in [5.41, 5.74) is 0.00303. The molecule has 23 heavy (non-hydrogen) atoms. The molecule has 2 rings (SSSR count). The Morgan fingerprint density at radius 3 is 1.96 bits per heavy atom. The molecule has 0 heterocycles. The van der Waals surface area contributed by atoms with Crippen molar-refractivity contribution in [2.24, 2.45) is 0 Å². The van der Waals surface area contributed by atoms with Crippen molar-refractivity contribution in [3.8, 4) is 5.75 Å². The third-order valence-corrected chi connectivity index (χ3v) is 5.56. The van der Waals surface area contributed by atoms with Crippen molar-refractivity contribution in [2.75, 3.05) is 5.75 Å². The molecule has 2 aromatic rings. The van der Waals surface area contributed by atoms with Crippen LogP contribution < -0.4 is 0 Å². The van der Waals surface area contributed by atoms with Gasteiger partial charge >= 0.3 is 0 Å². The number of phenols is 1. The van der Waals surface area contributed by atoms with E-state index < -0.39 is 9.85 Å². The molecule has 0 radical (unpaired) electrons. The number of nitrogens with zero attached hydrogens (tertiary/aromatic N) is 2. The second-order valence-electron chi connectivity index (χ2n) is 4.79. The smallest absolute Gasteiger partial charge is 0.276 e. The van der Waals surface area contributed by atoms with Gasteiger partial charge in [-0.05, 0) is 31.2 Å². The summed E-state index contributed by atoms with van der Waals surface area (Å²) in [7, 11) is -0.253. The summed E-state index contributed by atoms with van der Waals surface area (Å²) in [5, 5.41) is 31.2. The number of nitro benzene ring substituents is 2. The minimum Gasteiger partial charge on any atom is -0.508 e. The Labute approximate surface area is 135 Å². The van der Waals surface area contributed by atoms with Crippen molar-refractivity contribution in [3.63, 3.8) is 0 Å². The molecule has 0 fully saturated rings. The summed E-state index contributed by atoms with van der Waals surface area (Å²) >= 11 is 0. The molecule has 0 bridgehead atoms. The number of aromatic hydroxyl groups is 1. The van der Waals surface area contributed by atoms with E-state index in [-0.39, 0.29) is 28.0 Å². The second kappa shape index (κ2) is 7.10. The van der Waals surface area contributed by atoms with Crippen molar-refractivity contribution >= 4 is 22.3 Å². The molecular weight excluding hydrogens is 320 g/mol. The molecule has 0 amide bonds. The molecule has 0 spiro atoms. The van der Waals surface area contributed by atoms with Gasteiger partial charge in [0.05, 0.1) is 15.9 Å². The molecule has 0 aliphatic rings. The molecule has 2 aromatic carbocycles. The van der Waals surface area contributed by atoms with Crippen LogP contribution in [0.25, 0.3) is 0 Å². The van der Waals surface area contributed by atoms with Crippen molar-refractivity contribution in [1.29, 1.82) is 0 Å². The fourth-order valence-electron chi connectivity index (χ4n) is 2.14. The Morgan fingerprint density at radius 1 is 1.00 bits per heavy atom. The molecule has 8 heteroatoms. The zero-order chi connectivity index (χ0) is 17.0. The molecule has 0 aliphatic carbocycles. The lowest BCUT2D eigenvalue weighted by Gasteiger charge is -2.07. The lowest BCUT2D eigenvalue weighted by atomic mass is 10.2. The Hall–Kier alpha value is -2.61. The maximum absolute atomic E-state index is 10.9. The minimum absolute atomic E-state index is 0.166. The highest BCUT2D eigenvalue weighted by atomic mass is 32.2. The van der Waals surface area contributed by atoms with Crippen LogP contribution in [0.2, 0.25) is 0 Å². The Bertz CT molecular complexity index is 701. The maximum Gasteiger partial charge on any atom is 0.276 e. The molecule has 7 nitrogen and oxygen atoms in total. The zero-order valence-electron chi connectivity index (χ0n) is 12.3. The maximum atomic E-state index is 10.9. The van der Waals surface area contributed by atoms with Crippen LogP contribution in [0.1, 0.15) is 12.5 Å². The second-order valence-corrected chi connectivity index (χ2v) is 7.11. The highest BCUT2D eigenvalue weighted by molar-refractivity contribution is 7.96. The van der Waals surface area contributed by atoms with Gasteiger partial charge in [-0.2, -0.15) is 0 Å². The van der Waals surface area contributed by atoms with E-state index in [2.05, 4.69) is 0 Å². The van der Waals surface area contributed by atoms with E-state index in [1.165, 1.54) is 12.1 Å². The largest absolute Gasteiger partial charge is 0.508 e. The van der Waals surface area contributed by atoms with Crippen LogP contribution in [-0.2, 0) is 16.6 Å². The van der Waals surface area contributed by atoms with Crippen LogP contribution in [-0.4, -0.2) is 20.7 Å². The minimum atomic E-state index is -0.624. The van der Waals surface area contributed by atoms with E-state index in [1.54, 1.807) is 24.3 Å². The number of rotatable bonds is 6. The summed E-state index contributed by atoms with van der Waals surface area (Å²) < 4.78 is 0. The van der Waals surface area contributed by atoms with Crippen LogP contribution in [0.3, 0.4) is 0 Å². The zero-order valence-corrected chi connectivity index (χ0v) is 13.2. The van der Waals surface area contributed by atoms with Crippen molar-refractivity contribution in [2.45, 2.75) is 17.6 Å². The monoisotopic (exact) mass is 335 g/mol. The summed E-state index contributed by atoms with van der Waals surface area (Å²) in [5.74, 6) is 1.44. The third kappa shape index (κ3) is 4.19. The molecule has 0 aliphatic heterocycles. The fraction of sp³-hybridized carbons (Fsp3) is 0.200. The van der Waals surface area contributed by atoms with Crippen LogP contribution in [0.15, 0.2) is 47.4 Å². The molecule has 0 saturated carbocycles. The predicted molar refractivity (Wildman–Crippen MR) is 87.7 cm³/mol. The number of hydrogen-bond donors (Lipinski definition) is 1. The van der Waals surface area contributed by atoms with Crippen LogP contribution >= 0.6 is 0 Å². The van der Waals surface area contributed by atoms with Crippen LogP contribution in [0.5, 0.6) is 5.75 Å². The summed E-state index contributed by atoms with van der Waals surface area (Å²) in [6.07, 6.45) is 0. The van der Waals surface area contributed by atoms with Gasteiger partial charge in [-0.15, -0.1) is 0 Å². The molecule has 1 unspecified atom stereocenters. The first-order chi connectivity index (χ1) is 10.9. The summed E-state index contributed by atoms with van der Waals surface area (Å²) in [6.45, 7) is 1.99. The molecule has 120 valence electrons. The van der Waals surface area contributed by atoms with Crippen molar-refractivity contribution in [1.82, 2.24) is 0 Å². The highest BCUT2D eigenvalue weighted by Gasteiger charge is 2.24. The molecule has 1 N–H and O–H groups in total. The molecule has 1 atom stereocenters. The molecule has 0 saturated heterocycles. The van der Waals surface area contributed by atoms with Gasteiger partial charge in [0.15, 0.2) is 4.90 Å². The van der Waals surface area contributed by atoms with Gasteiger partial charge in [-0.3, -0.25) is 20.2 Å². The SMILES string of the molecule is CC[S+](Cc1cc([N+](=O)[O-])cc([N+](=O)[O-])c1)c1ccc(O)cc1. The standard InChI is InChI=1S/C15H14N2O5S/c1-2-23(15-5-3-14(18)4-6-15)10-11-7-12(16(19)20)9-13(8-11)17(21)22/h3-9H,2,10H2,1H3/p+1. The van der Waals surface area contributed by atoms with E-state index in [4.69, 9.17) is 0 Å². The first-order valence-electron chi connectivity index (χ1n) is 6.80. The average molecular weight is 335 g/mol. The van der Waals surface area contributed by atoms with E-state index in [0.29, 0.717) is 11.3 Å². The number of non-ortho nitro benzene ring substituents is 2. The van der Waals surface area contributed by atoms with Crippen LogP contribution in [0.4, 0.5) is 11.4 Å². The van der Waals surface area contributed by atoms with Crippen molar-refractivity contribution < 1.29 is 15.0 Å². The predicted octanol–water partition coefficient (Wildman–Crippen LogP) is 3.41. The lowest BCUT2D eigenvalue weighted by molar-refractivity contribution is -0.394. The number of nitro groups is 2. The molecule has 0 aromatic heterocycles. The fourth-order valence-corrected chi connectivity index (χ4v) is 3.94. The van der Waals surface area contributed by atoms with E-state index in [0.717, 1.165) is 16.7 Å². The van der Waals surface area contributed by atoms with E-state index in [9.17, 15) is 25.3 Å². The molecular formula is C15H15N2O5S+. The first kappa shape index (κ1) is 16.8. The van der Waals surface area contributed by atoms with Crippen molar-refractivity contribution in [3.05, 3.63) is 68.3 Å². The lowest BCUT2D eigenvalue weighted by Crippen LogP contribution is -2.09. The highest BCUT2D eigenvalue weighted by Crippen LogP contribution is 2.27. The normalized spacial score (nSPS) is 11.9. The van der Waals surface area contributed by atoms with E-state index in [1.807, 2.05) is 6.92 Å². The summed E-state index contributed by atoms with van der Waals surface area (Å²) in [4.78, 5) is 21.6. The van der Waals surface area contributed by atoms with Gasteiger partial charge in [0, 0.05) is 28.6 Å². The Morgan fingerprint density at radius 2 is 1.52 bits per heavy atom. The van der Waals surface area contributed by atoms with Gasteiger partial charge in [-0.25, -0.2) is 0 Å². The van der Waals surface area contributed by atoms with Gasteiger partial charge in [0.25, 0.3) is 11.4 Å². The van der Waals surface area contributed by atoms with Gasteiger partial charge < -0.3 is 5.11 Å². The van der Waals surface area contributed by atoms with Gasteiger partial charge in [0.1, 0.15) is 17.3 Å². The summed E-state index contributed by atoms with van der Waals surface area (Å²) in [6, 6.07) is 10.5. The van der Waals surface area contributed by atoms with E-state index >= 15 is 0 Å². The number of hydrogen-bond acceptors (Lipinski definition) is 5. The van der Waals surface area contributed by atoms with Crippen LogP contribution in [0, 0.1) is 20.2 Å². The topological polar surface area (TPSA) is 107 Å². The quantitative estimate of drug-likeness (QED) is 0.494. The number of phenolic OH excluding ortho intramolecular Hbond substituents is 1. The first-order valence-corrected chi connectivity index (χ1v) is 8.36. The Balaban J connectivity index is 2.34. The van der Waals surface area contributed by atoms with Gasteiger partial charge in [-0.1, -0.05) is 0 Å². The number of benzene rings is 2.